The minimum atomic E-state index is -3.12. The zero-order valence-electron chi connectivity index (χ0n) is 16.2. The summed E-state index contributed by atoms with van der Waals surface area (Å²) in [5.74, 6) is 1.18. The van der Waals surface area contributed by atoms with Crippen molar-refractivity contribution >= 4 is 21.4 Å². The van der Waals surface area contributed by atoms with Crippen LogP contribution in [-0.4, -0.2) is 55.9 Å². The molecule has 0 bridgehead atoms. The Morgan fingerprint density at radius 3 is 2.23 bits per heavy atom. The van der Waals surface area contributed by atoms with Gasteiger partial charge in [0.1, 0.15) is 0 Å². The van der Waals surface area contributed by atoms with Gasteiger partial charge in [0.25, 0.3) is 0 Å². The lowest BCUT2D eigenvalue weighted by molar-refractivity contribution is -0.123. The Morgan fingerprint density at radius 2 is 1.65 bits per heavy atom. The van der Waals surface area contributed by atoms with Gasteiger partial charge in [0, 0.05) is 11.7 Å². The molecule has 2 heterocycles. The normalized spacial score (nSPS) is 25.9. The molecule has 0 spiro atoms. The number of anilines is 1. The Kier molecular flexibility index (Phi) is 5.45. The van der Waals surface area contributed by atoms with Crippen LogP contribution in [0.3, 0.4) is 0 Å². The van der Waals surface area contributed by atoms with Gasteiger partial charge >= 0.3 is 0 Å². The fourth-order valence-electron chi connectivity index (χ4n) is 3.98. The van der Waals surface area contributed by atoms with Crippen LogP contribution in [0.25, 0.3) is 0 Å². The summed E-state index contributed by atoms with van der Waals surface area (Å²) in [7, 11) is -3.12. The lowest BCUT2D eigenvalue weighted by atomic mass is 9.99. The van der Waals surface area contributed by atoms with Crippen LogP contribution in [0.4, 0.5) is 5.69 Å². The number of benzene rings is 1. The highest BCUT2D eigenvalue weighted by Crippen LogP contribution is 2.32. The molecule has 6 heteroatoms. The van der Waals surface area contributed by atoms with Gasteiger partial charge in [-0.1, -0.05) is 39.8 Å². The van der Waals surface area contributed by atoms with E-state index in [1.165, 1.54) is 5.56 Å². The fraction of sp³-hybridized carbons (Fsp3) is 0.650. The summed E-state index contributed by atoms with van der Waals surface area (Å²) in [5.41, 5.74) is 2.03. The van der Waals surface area contributed by atoms with E-state index in [9.17, 15) is 13.2 Å². The first-order valence-electron chi connectivity index (χ1n) is 9.54. The maximum absolute atomic E-state index is 12.9. The summed E-state index contributed by atoms with van der Waals surface area (Å²) < 4.78 is 24.7. The molecular formula is C20H30N2O3S. The molecule has 2 fully saturated rings. The van der Waals surface area contributed by atoms with Crippen LogP contribution in [0, 0.1) is 5.92 Å². The molecule has 0 unspecified atom stereocenters. The van der Waals surface area contributed by atoms with Gasteiger partial charge < -0.3 is 4.90 Å². The number of fused-ring (bicyclic) bond motifs is 1. The highest BCUT2D eigenvalue weighted by atomic mass is 32.2. The van der Waals surface area contributed by atoms with Crippen molar-refractivity contribution in [1.29, 1.82) is 0 Å². The minimum absolute atomic E-state index is 0.00408. The second-order valence-corrected chi connectivity index (χ2v) is 10.5. The van der Waals surface area contributed by atoms with Crippen LogP contribution in [0.1, 0.15) is 45.6 Å². The second-order valence-electron chi connectivity index (χ2n) is 8.37. The zero-order chi connectivity index (χ0) is 19.1. The van der Waals surface area contributed by atoms with Gasteiger partial charge in [0.2, 0.25) is 5.91 Å². The van der Waals surface area contributed by atoms with E-state index >= 15 is 0 Å². The molecule has 3 rings (SSSR count). The summed E-state index contributed by atoms with van der Waals surface area (Å²) in [6.07, 6.45) is 0.972. The second kappa shape index (κ2) is 7.31. The number of hydrogen-bond acceptors (Lipinski definition) is 4. The highest BCUT2D eigenvalue weighted by Gasteiger charge is 2.49. The van der Waals surface area contributed by atoms with Crippen molar-refractivity contribution in [3.8, 4) is 0 Å². The predicted molar refractivity (Wildman–Crippen MR) is 105 cm³/mol. The Balaban J connectivity index is 1.88. The van der Waals surface area contributed by atoms with Crippen molar-refractivity contribution in [3.05, 3.63) is 29.8 Å². The maximum atomic E-state index is 12.9. The van der Waals surface area contributed by atoms with Crippen LogP contribution in [0.2, 0.25) is 0 Å². The number of rotatable bonds is 5. The SMILES string of the molecule is CC(C)CCN1CC(=O)N(c2ccc(C(C)C)cc2)[C@H]2CS(=O)(=O)C[C@@H]21. The van der Waals surface area contributed by atoms with E-state index in [2.05, 4.69) is 32.6 Å². The van der Waals surface area contributed by atoms with Gasteiger partial charge in [0.05, 0.1) is 24.1 Å². The van der Waals surface area contributed by atoms with Crippen LogP contribution < -0.4 is 4.90 Å². The number of hydrogen-bond donors (Lipinski definition) is 0. The number of carbonyl (C=O) groups is 1. The van der Waals surface area contributed by atoms with Crippen LogP contribution in [0.5, 0.6) is 0 Å². The fourth-order valence-corrected chi connectivity index (χ4v) is 5.96. The third-order valence-electron chi connectivity index (χ3n) is 5.53. The van der Waals surface area contributed by atoms with Crippen molar-refractivity contribution in [3.63, 3.8) is 0 Å². The predicted octanol–water partition coefficient (Wildman–Crippen LogP) is 2.67. The lowest BCUT2D eigenvalue weighted by Gasteiger charge is -2.43. The number of nitrogens with zero attached hydrogens (tertiary/aromatic N) is 2. The molecule has 0 radical (unpaired) electrons. The van der Waals surface area contributed by atoms with E-state index in [-0.39, 0.29) is 29.5 Å². The van der Waals surface area contributed by atoms with Crippen molar-refractivity contribution in [2.24, 2.45) is 5.92 Å². The van der Waals surface area contributed by atoms with Crippen molar-refractivity contribution in [1.82, 2.24) is 4.90 Å². The monoisotopic (exact) mass is 378 g/mol. The molecular weight excluding hydrogens is 348 g/mol. The topological polar surface area (TPSA) is 57.7 Å². The Labute approximate surface area is 157 Å². The van der Waals surface area contributed by atoms with Gasteiger partial charge in [-0.3, -0.25) is 9.69 Å². The van der Waals surface area contributed by atoms with E-state index in [4.69, 9.17) is 0 Å². The van der Waals surface area contributed by atoms with Gasteiger partial charge in [-0.2, -0.15) is 0 Å². The molecule has 1 aromatic carbocycles. The van der Waals surface area contributed by atoms with Gasteiger partial charge in [-0.15, -0.1) is 0 Å². The first kappa shape index (κ1) is 19.4. The molecule has 1 amide bonds. The van der Waals surface area contributed by atoms with Gasteiger partial charge in [-0.05, 0) is 42.5 Å². The standard InChI is InChI=1S/C20H30N2O3S/c1-14(2)9-10-21-11-20(23)22(19-13-26(24,25)12-18(19)21)17-7-5-16(6-8-17)15(3)4/h5-8,14-15,18-19H,9-13H2,1-4H3/t18-,19-/m0/s1. The third-order valence-corrected chi connectivity index (χ3v) is 7.23. The van der Waals surface area contributed by atoms with Gasteiger partial charge in [-0.25, -0.2) is 8.42 Å². The number of carbonyl (C=O) groups excluding carboxylic acids is 1. The molecule has 0 aliphatic carbocycles. The average Bonchev–Trinajstić information content (AvgIpc) is 2.87. The Hall–Kier alpha value is -1.40. The first-order valence-corrected chi connectivity index (χ1v) is 11.4. The van der Waals surface area contributed by atoms with Crippen molar-refractivity contribution in [2.45, 2.75) is 52.1 Å². The summed E-state index contributed by atoms with van der Waals surface area (Å²) >= 11 is 0. The average molecular weight is 379 g/mol. The van der Waals surface area contributed by atoms with E-state index in [0.717, 1.165) is 18.7 Å². The largest absolute Gasteiger partial charge is 0.306 e. The maximum Gasteiger partial charge on any atom is 0.241 e. The summed E-state index contributed by atoms with van der Waals surface area (Å²) in [5, 5.41) is 0. The minimum Gasteiger partial charge on any atom is -0.306 e. The molecule has 144 valence electrons. The molecule has 2 aliphatic rings. The zero-order valence-corrected chi connectivity index (χ0v) is 17.0. The van der Waals surface area contributed by atoms with E-state index in [1.807, 2.05) is 24.3 Å². The van der Waals surface area contributed by atoms with Crippen LogP contribution in [0.15, 0.2) is 24.3 Å². The summed E-state index contributed by atoms with van der Waals surface area (Å²) in [6.45, 7) is 9.64. The lowest BCUT2D eigenvalue weighted by Crippen LogP contribution is -2.62. The molecule has 0 aromatic heterocycles. The highest BCUT2D eigenvalue weighted by molar-refractivity contribution is 7.91. The molecule has 2 saturated heterocycles. The quantitative estimate of drug-likeness (QED) is 0.790. The van der Waals surface area contributed by atoms with Crippen molar-refractivity contribution in [2.75, 3.05) is 29.5 Å². The molecule has 0 N–H and O–H groups in total. The van der Waals surface area contributed by atoms with Crippen LogP contribution >= 0.6 is 0 Å². The van der Waals surface area contributed by atoms with E-state index in [0.29, 0.717) is 18.4 Å². The number of piperazine rings is 1. The first-order chi connectivity index (χ1) is 12.2. The van der Waals surface area contributed by atoms with E-state index < -0.39 is 9.84 Å². The van der Waals surface area contributed by atoms with E-state index in [1.54, 1.807) is 4.90 Å². The summed E-state index contributed by atoms with van der Waals surface area (Å²) in [6, 6.07) is 7.62. The molecule has 26 heavy (non-hydrogen) atoms. The molecule has 0 saturated carbocycles. The number of amides is 1. The molecule has 2 atom stereocenters. The molecule has 5 nitrogen and oxygen atoms in total. The Morgan fingerprint density at radius 1 is 1.04 bits per heavy atom. The van der Waals surface area contributed by atoms with Crippen molar-refractivity contribution < 1.29 is 13.2 Å². The third kappa shape index (κ3) is 3.96. The number of sulfone groups is 1. The molecule has 1 aromatic rings. The molecule has 2 aliphatic heterocycles. The van der Waals surface area contributed by atoms with Crippen LogP contribution in [-0.2, 0) is 14.6 Å². The Bertz CT molecular complexity index is 756. The van der Waals surface area contributed by atoms with Gasteiger partial charge in [0.15, 0.2) is 9.84 Å². The summed E-state index contributed by atoms with van der Waals surface area (Å²) in [4.78, 5) is 16.7. The smallest absolute Gasteiger partial charge is 0.241 e.